The number of aliphatic hydroxyl groups excluding tert-OH is 8. The van der Waals surface area contributed by atoms with E-state index >= 15 is 0 Å². The average molecular weight is 769 g/mol. The molecule has 9 N–H and O–H groups in total. The number of hydrogen-bond acceptors (Lipinski definition) is 13. The van der Waals surface area contributed by atoms with Crippen molar-refractivity contribution in [3.63, 3.8) is 0 Å². The minimum Gasteiger partial charge on any atom is -0.481 e. The lowest BCUT2D eigenvalue weighted by molar-refractivity contribution is -0.406. The number of carboxylic acids is 1. The second-order valence-corrected chi connectivity index (χ2v) is 19.8. The third-order valence-corrected chi connectivity index (χ3v) is 16.8. The molecule has 54 heavy (non-hydrogen) atoms. The molecule has 0 aromatic rings. The summed E-state index contributed by atoms with van der Waals surface area (Å²) in [5.41, 5.74) is -0.664. The molecule has 0 bridgehead atoms. The van der Waals surface area contributed by atoms with E-state index in [-0.39, 0.29) is 46.0 Å². The molecule has 4 saturated carbocycles. The molecular weight excluding hydrogens is 704 g/mol. The van der Waals surface area contributed by atoms with E-state index in [4.69, 9.17) is 18.9 Å². The van der Waals surface area contributed by atoms with Crippen molar-refractivity contribution >= 4 is 5.97 Å². The zero-order valence-electron chi connectivity index (χ0n) is 32.5. The van der Waals surface area contributed by atoms with Crippen molar-refractivity contribution in [3.05, 3.63) is 11.6 Å². The van der Waals surface area contributed by atoms with Crippen LogP contribution in [-0.2, 0) is 23.7 Å². The summed E-state index contributed by atoms with van der Waals surface area (Å²) < 4.78 is 23.2. The van der Waals surface area contributed by atoms with E-state index < -0.39 is 84.7 Å². The summed E-state index contributed by atoms with van der Waals surface area (Å²) in [5, 5.41) is 94.9. The molecule has 0 aromatic carbocycles. The molecule has 14 nitrogen and oxygen atoms in total. The molecule has 19 atom stereocenters. The largest absolute Gasteiger partial charge is 0.481 e. The molecule has 2 saturated heterocycles. The van der Waals surface area contributed by atoms with Crippen LogP contribution in [0.5, 0.6) is 0 Å². The predicted octanol–water partition coefficient (Wildman–Crippen LogP) is 1.77. The second-order valence-electron chi connectivity index (χ2n) is 19.8. The molecule has 0 radical (unpaired) electrons. The molecule has 0 amide bonds. The number of carboxylic acid groups (broad SMARTS) is 1. The number of carbonyl (C=O) groups is 1. The van der Waals surface area contributed by atoms with Crippen LogP contribution >= 0.6 is 0 Å². The van der Waals surface area contributed by atoms with Gasteiger partial charge in [0.2, 0.25) is 0 Å². The first-order valence-corrected chi connectivity index (χ1v) is 20.0. The van der Waals surface area contributed by atoms with Crippen molar-refractivity contribution in [2.45, 2.75) is 174 Å². The van der Waals surface area contributed by atoms with Gasteiger partial charge in [-0.05, 0) is 104 Å². The molecule has 5 aliphatic carbocycles. The van der Waals surface area contributed by atoms with Gasteiger partial charge in [-0.15, -0.1) is 0 Å². The van der Waals surface area contributed by atoms with E-state index in [1.165, 1.54) is 5.57 Å². The third kappa shape index (κ3) is 5.83. The molecule has 308 valence electrons. The highest BCUT2D eigenvalue weighted by atomic mass is 16.8. The van der Waals surface area contributed by atoms with Crippen molar-refractivity contribution in [2.75, 3.05) is 6.61 Å². The lowest BCUT2D eigenvalue weighted by Gasteiger charge is -2.71. The van der Waals surface area contributed by atoms with E-state index in [9.17, 15) is 50.8 Å². The highest BCUT2D eigenvalue weighted by Crippen LogP contribution is 2.76. The van der Waals surface area contributed by atoms with Crippen molar-refractivity contribution in [2.24, 2.45) is 50.2 Å². The average Bonchev–Trinajstić information content (AvgIpc) is 3.11. The Morgan fingerprint density at radius 2 is 1.37 bits per heavy atom. The number of fused-ring (bicyclic) bond motifs is 7. The molecule has 10 unspecified atom stereocenters. The number of ether oxygens (including phenoxy) is 4. The van der Waals surface area contributed by atoms with E-state index in [0.717, 1.165) is 44.9 Å². The molecule has 0 spiro atoms. The Kier molecular flexibility index (Phi) is 10.3. The summed E-state index contributed by atoms with van der Waals surface area (Å²) in [5.74, 6) is -0.428. The summed E-state index contributed by atoms with van der Waals surface area (Å²) in [7, 11) is 0. The summed E-state index contributed by atoms with van der Waals surface area (Å²) in [4.78, 5) is 13.0. The smallest absolute Gasteiger partial charge is 0.310 e. The van der Waals surface area contributed by atoms with E-state index in [0.29, 0.717) is 19.3 Å². The molecule has 2 heterocycles. The number of allylic oxidation sites excluding steroid dienone is 2. The van der Waals surface area contributed by atoms with Gasteiger partial charge in [-0.1, -0.05) is 53.2 Å². The van der Waals surface area contributed by atoms with E-state index in [1.54, 1.807) is 0 Å². The summed E-state index contributed by atoms with van der Waals surface area (Å²) in [6.07, 6.45) is -8.41. The van der Waals surface area contributed by atoms with Crippen LogP contribution in [0.4, 0.5) is 0 Å². The Labute approximate surface area is 317 Å². The van der Waals surface area contributed by atoms with Crippen LogP contribution in [-0.4, -0.2) is 126 Å². The third-order valence-electron chi connectivity index (χ3n) is 16.8. The Hall–Kier alpha value is -1.27. The predicted molar refractivity (Wildman–Crippen MR) is 190 cm³/mol. The standard InChI is InChI=1S/C40H64O14/c1-35(2)13-15-40(34(49)50)16-14-38(5)19(20(40)17-35)7-8-22-36(3)11-10-23(37(4,18-41)21(36)9-12-39(22,38)6)51-33-29(25(43)27(45)31(48)54-33)52-32-28(46)24(42)26(44)30(47)53-32/h7,20-33,41-48H,8-18H2,1-6H3,(H,49,50)/t20?,21?,22?,23?,24-,25-,26+,27+,28?,29?,30?,31?,32-,33-,36+,37?,38+,39-,40?/m1/s1. The van der Waals surface area contributed by atoms with Crippen LogP contribution in [0.15, 0.2) is 11.6 Å². The first-order chi connectivity index (χ1) is 25.1. The summed E-state index contributed by atoms with van der Waals surface area (Å²) >= 11 is 0. The van der Waals surface area contributed by atoms with Gasteiger partial charge < -0.3 is 64.9 Å². The first kappa shape index (κ1) is 40.9. The van der Waals surface area contributed by atoms with Crippen LogP contribution in [0.25, 0.3) is 0 Å². The van der Waals surface area contributed by atoms with Gasteiger partial charge in [0.1, 0.15) is 36.6 Å². The van der Waals surface area contributed by atoms with E-state index in [1.807, 2.05) is 6.92 Å². The minimum absolute atomic E-state index is 0.000700. The van der Waals surface area contributed by atoms with Crippen LogP contribution in [0.2, 0.25) is 0 Å². The zero-order valence-corrected chi connectivity index (χ0v) is 32.5. The lowest BCUT2D eigenvalue weighted by Crippen LogP contribution is -2.67. The topological polar surface area (TPSA) is 236 Å². The molecule has 0 aromatic heterocycles. The molecule has 6 fully saturated rings. The number of aliphatic carboxylic acids is 1. The summed E-state index contributed by atoms with van der Waals surface area (Å²) in [6, 6.07) is 0. The fraction of sp³-hybridized carbons (Fsp3) is 0.925. The molecule has 7 rings (SSSR count). The van der Waals surface area contributed by atoms with Crippen LogP contribution in [0, 0.1) is 50.2 Å². The lowest BCUT2D eigenvalue weighted by atomic mass is 9.33. The van der Waals surface area contributed by atoms with Crippen molar-refractivity contribution in [1.82, 2.24) is 0 Å². The summed E-state index contributed by atoms with van der Waals surface area (Å²) in [6.45, 7) is 13.4. The molecule has 7 aliphatic rings. The Bertz CT molecular complexity index is 1470. The van der Waals surface area contributed by atoms with Crippen molar-refractivity contribution in [3.8, 4) is 0 Å². The van der Waals surface area contributed by atoms with Gasteiger partial charge in [-0.2, -0.15) is 0 Å². The van der Waals surface area contributed by atoms with Gasteiger partial charge in [0.15, 0.2) is 25.2 Å². The highest BCUT2D eigenvalue weighted by Gasteiger charge is 2.70. The van der Waals surface area contributed by atoms with Crippen molar-refractivity contribution < 1.29 is 69.7 Å². The van der Waals surface area contributed by atoms with E-state index in [2.05, 4.69) is 40.7 Å². The maximum Gasteiger partial charge on any atom is 0.310 e. The SMILES string of the molecule is CC1(C)CCC2(C(=O)O)CC[C@@]3(C)C(=CCC4[C@@]5(C)CCC(O[C@@H]6OC(O)[C@@H](O)[C@@H](O)C6O[C@@H]6OC(O)[C@@H](O)[C@@H](O)C6O)C(C)(CO)C5CC[C@]43C)C2C1. The number of hydrogen-bond donors (Lipinski definition) is 9. The van der Waals surface area contributed by atoms with Crippen molar-refractivity contribution in [1.29, 1.82) is 0 Å². The zero-order chi connectivity index (χ0) is 39.6. The normalized spacial score (nSPS) is 55.7. The Morgan fingerprint density at radius 1 is 0.741 bits per heavy atom. The van der Waals surface area contributed by atoms with Gasteiger partial charge in [-0.25, -0.2) is 0 Å². The number of rotatable bonds is 6. The first-order valence-electron chi connectivity index (χ1n) is 20.0. The molecule has 2 aliphatic heterocycles. The quantitative estimate of drug-likeness (QED) is 0.138. The van der Waals surface area contributed by atoms with Gasteiger partial charge in [0.25, 0.3) is 0 Å². The molecular formula is C40H64O14. The Morgan fingerprint density at radius 3 is 2.02 bits per heavy atom. The minimum atomic E-state index is -1.92. The Balaban J connectivity index is 1.16. The van der Waals surface area contributed by atoms with Crippen LogP contribution < -0.4 is 0 Å². The van der Waals surface area contributed by atoms with Crippen LogP contribution in [0.3, 0.4) is 0 Å². The monoisotopic (exact) mass is 768 g/mol. The fourth-order valence-corrected chi connectivity index (χ4v) is 13.2. The second kappa shape index (κ2) is 13.7. The maximum absolute atomic E-state index is 13.0. The van der Waals surface area contributed by atoms with Gasteiger partial charge >= 0.3 is 5.97 Å². The van der Waals surface area contributed by atoms with Crippen LogP contribution in [0.1, 0.15) is 106 Å². The number of aliphatic hydroxyl groups is 8. The molecule has 14 heteroatoms. The maximum atomic E-state index is 13.0. The fourth-order valence-electron chi connectivity index (χ4n) is 13.2. The highest BCUT2D eigenvalue weighted by molar-refractivity contribution is 5.76. The van der Waals surface area contributed by atoms with Gasteiger partial charge in [0.05, 0.1) is 18.1 Å². The van der Waals surface area contributed by atoms with Gasteiger partial charge in [0, 0.05) is 5.41 Å². The van der Waals surface area contributed by atoms with Gasteiger partial charge in [-0.3, -0.25) is 4.79 Å².